The van der Waals surface area contributed by atoms with Gasteiger partial charge in [0.05, 0.1) is 10.7 Å². The molecule has 0 aliphatic carbocycles. The summed E-state index contributed by atoms with van der Waals surface area (Å²) < 4.78 is 0. The Kier molecular flexibility index (Phi) is 5.77. The van der Waals surface area contributed by atoms with Gasteiger partial charge in [0.15, 0.2) is 0 Å². The zero-order valence-electron chi connectivity index (χ0n) is 13.7. The number of hydrogen-bond donors (Lipinski definition) is 2. The topological polar surface area (TPSA) is 58.2 Å². The average molecular weight is 343 g/mol. The molecule has 0 bridgehead atoms. The van der Waals surface area contributed by atoms with Crippen LogP contribution in [0.15, 0.2) is 49.1 Å². The minimum Gasteiger partial charge on any atom is -0.349 e. The van der Waals surface area contributed by atoms with Crippen LogP contribution in [0.1, 0.15) is 31.8 Å². The predicted molar refractivity (Wildman–Crippen MR) is 97.9 cm³/mol. The lowest BCUT2D eigenvalue weighted by molar-refractivity contribution is 0.0958. The summed E-state index contributed by atoms with van der Waals surface area (Å²) in [6.45, 7) is 7.74. The Balaban J connectivity index is 2.22. The molecule has 0 aliphatic heterocycles. The largest absolute Gasteiger partial charge is 0.349 e. The Bertz CT molecular complexity index is 777. The van der Waals surface area contributed by atoms with Gasteiger partial charge in [-0.1, -0.05) is 29.8 Å². The third kappa shape index (κ3) is 4.24. The first kappa shape index (κ1) is 17.8. The first-order valence-corrected chi connectivity index (χ1v) is 7.87. The molecule has 0 heterocycles. The number of carbonyl (C=O) groups excluding carboxylic acids is 2. The van der Waals surface area contributed by atoms with E-state index in [2.05, 4.69) is 17.2 Å². The van der Waals surface area contributed by atoms with Crippen molar-refractivity contribution >= 4 is 29.1 Å². The highest BCUT2D eigenvalue weighted by Gasteiger charge is 2.13. The van der Waals surface area contributed by atoms with Gasteiger partial charge in [0.1, 0.15) is 0 Å². The van der Waals surface area contributed by atoms with E-state index < -0.39 is 0 Å². The number of benzene rings is 2. The molecule has 0 spiro atoms. The highest BCUT2D eigenvalue weighted by atomic mass is 35.5. The number of aryl methyl sites for hydroxylation is 2. The molecule has 124 valence electrons. The van der Waals surface area contributed by atoms with Crippen LogP contribution in [0.5, 0.6) is 0 Å². The van der Waals surface area contributed by atoms with Crippen molar-refractivity contribution in [2.45, 2.75) is 13.8 Å². The summed E-state index contributed by atoms with van der Waals surface area (Å²) in [5.74, 6) is -0.573. The van der Waals surface area contributed by atoms with Crippen molar-refractivity contribution in [2.24, 2.45) is 0 Å². The molecule has 0 unspecified atom stereocenters. The zero-order chi connectivity index (χ0) is 17.7. The van der Waals surface area contributed by atoms with Gasteiger partial charge in [-0.15, -0.1) is 6.58 Å². The number of nitrogens with one attached hydrogen (secondary N) is 2. The number of anilines is 1. The van der Waals surface area contributed by atoms with Gasteiger partial charge in [-0.3, -0.25) is 9.59 Å². The van der Waals surface area contributed by atoms with Crippen molar-refractivity contribution in [3.05, 3.63) is 76.3 Å². The minimum absolute atomic E-state index is 0.255. The summed E-state index contributed by atoms with van der Waals surface area (Å²) >= 11 is 6.22. The van der Waals surface area contributed by atoms with Crippen LogP contribution in [-0.4, -0.2) is 18.4 Å². The molecule has 0 atom stereocenters. The van der Waals surface area contributed by atoms with Gasteiger partial charge >= 0.3 is 0 Å². The summed E-state index contributed by atoms with van der Waals surface area (Å²) in [5, 5.41) is 5.98. The van der Waals surface area contributed by atoms with E-state index in [0.29, 0.717) is 28.4 Å². The van der Waals surface area contributed by atoms with E-state index >= 15 is 0 Å². The molecular formula is C19H19ClN2O2. The third-order valence-electron chi connectivity index (χ3n) is 3.46. The first-order chi connectivity index (χ1) is 11.4. The van der Waals surface area contributed by atoms with Crippen LogP contribution in [0.25, 0.3) is 0 Å². The average Bonchev–Trinajstić information content (AvgIpc) is 2.55. The molecule has 24 heavy (non-hydrogen) atoms. The van der Waals surface area contributed by atoms with E-state index in [1.807, 2.05) is 19.9 Å². The number of halogens is 1. The lowest BCUT2D eigenvalue weighted by Gasteiger charge is -2.12. The predicted octanol–water partition coefficient (Wildman–Crippen LogP) is 4.12. The molecule has 2 rings (SSSR count). The molecule has 0 aliphatic rings. The lowest BCUT2D eigenvalue weighted by Crippen LogP contribution is -2.23. The summed E-state index contributed by atoms with van der Waals surface area (Å²) in [6.07, 6.45) is 1.59. The second-order valence-electron chi connectivity index (χ2n) is 5.47. The molecule has 4 nitrogen and oxygen atoms in total. The van der Waals surface area contributed by atoms with Crippen LogP contribution in [-0.2, 0) is 0 Å². The zero-order valence-corrected chi connectivity index (χ0v) is 14.4. The molecule has 0 aromatic heterocycles. The Morgan fingerprint density at radius 2 is 1.79 bits per heavy atom. The standard InChI is InChI=1S/C19H19ClN2O2/c1-4-8-21-18(23)14-6-5-7-15(11-14)19(24)22-17-13(3)9-12(2)10-16(17)20/h4-7,9-11H,1,8H2,2-3H3,(H,21,23)(H,22,24). The molecule has 0 saturated carbocycles. The molecule has 0 saturated heterocycles. The van der Waals surface area contributed by atoms with Crippen molar-refractivity contribution in [3.8, 4) is 0 Å². The van der Waals surface area contributed by atoms with Crippen LogP contribution in [0.4, 0.5) is 5.69 Å². The maximum atomic E-state index is 12.5. The van der Waals surface area contributed by atoms with Crippen LogP contribution in [0, 0.1) is 13.8 Å². The van der Waals surface area contributed by atoms with Crippen molar-refractivity contribution in [1.29, 1.82) is 0 Å². The summed E-state index contributed by atoms with van der Waals surface area (Å²) in [4.78, 5) is 24.4. The normalized spacial score (nSPS) is 10.1. The summed E-state index contributed by atoms with van der Waals surface area (Å²) in [5.41, 5.74) is 3.28. The van der Waals surface area contributed by atoms with E-state index in [-0.39, 0.29) is 11.8 Å². The highest BCUT2D eigenvalue weighted by Crippen LogP contribution is 2.27. The van der Waals surface area contributed by atoms with Gasteiger partial charge in [-0.2, -0.15) is 0 Å². The fraction of sp³-hybridized carbons (Fsp3) is 0.158. The van der Waals surface area contributed by atoms with Gasteiger partial charge in [0.2, 0.25) is 0 Å². The van der Waals surface area contributed by atoms with Gasteiger partial charge in [-0.25, -0.2) is 0 Å². The van der Waals surface area contributed by atoms with Gasteiger partial charge in [-0.05, 0) is 49.2 Å². The van der Waals surface area contributed by atoms with Gasteiger partial charge in [0, 0.05) is 17.7 Å². The van der Waals surface area contributed by atoms with Crippen molar-refractivity contribution in [1.82, 2.24) is 5.32 Å². The molecule has 5 heteroatoms. The van der Waals surface area contributed by atoms with E-state index in [9.17, 15) is 9.59 Å². The molecule has 0 radical (unpaired) electrons. The number of hydrogen-bond acceptors (Lipinski definition) is 2. The monoisotopic (exact) mass is 342 g/mol. The molecule has 2 N–H and O–H groups in total. The van der Waals surface area contributed by atoms with Crippen LogP contribution in [0.3, 0.4) is 0 Å². The summed E-state index contributed by atoms with van der Waals surface area (Å²) in [6, 6.07) is 10.3. The second kappa shape index (κ2) is 7.79. The van der Waals surface area contributed by atoms with E-state index in [0.717, 1.165) is 11.1 Å². The maximum Gasteiger partial charge on any atom is 0.255 e. The maximum absolute atomic E-state index is 12.5. The quantitative estimate of drug-likeness (QED) is 0.803. The van der Waals surface area contributed by atoms with Gasteiger partial charge < -0.3 is 10.6 Å². The van der Waals surface area contributed by atoms with Crippen molar-refractivity contribution in [2.75, 3.05) is 11.9 Å². The molecule has 0 fully saturated rings. The van der Waals surface area contributed by atoms with E-state index in [4.69, 9.17) is 11.6 Å². The SMILES string of the molecule is C=CCNC(=O)c1cccc(C(=O)Nc2c(C)cc(C)cc2Cl)c1. The first-order valence-electron chi connectivity index (χ1n) is 7.49. The fourth-order valence-corrected chi connectivity index (χ4v) is 2.70. The van der Waals surface area contributed by atoms with E-state index in [1.165, 1.54) is 0 Å². The molecule has 2 aromatic rings. The van der Waals surface area contributed by atoms with Crippen LogP contribution < -0.4 is 10.6 Å². The Labute approximate surface area is 146 Å². The minimum atomic E-state index is -0.317. The highest BCUT2D eigenvalue weighted by molar-refractivity contribution is 6.34. The fourth-order valence-electron chi connectivity index (χ4n) is 2.33. The molecule has 2 aromatic carbocycles. The molecular weight excluding hydrogens is 324 g/mol. The van der Waals surface area contributed by atoms with Crippen LogP contribution in [0.2, 0.25) is 5.02 Å². The lowest BCUT2D eigenvalue weighted by atomic mass is 10.1. The second-order valence-corrected chi connectivity index (χ2v) is 5.88. The van der Waals surface area contributed by atoms with Crippen molar-refractivity contribution in [3.63, 3.8) is 0 Å². The third-order valence-corrected chi connectivity index (χ3v) is 3.76. The van der Waals surface area contributed by atoms with Crippen molar-refractivity contribution < 1.29 is 9.59 Å². The number of rotatable bonds is 5. The Morgan fingerprint density at radius 1 is 1.12 bits per heavy atom. The smallest absolute Gasteiger partial charge is 0.255 e. The van der Waals surface area contributed by atoms with Crippen LogP contribution >= 0.6 is 11.6 Å². The Hall–Kier alpha value is -2.59. The van der Waals surface area contributed by atoms with E-state index in [1.54, 1.807) is 36.4 Å². The molecule has 2 amide bonds. The number of amides is 2. The van der Waals surface area contributed by atoms with Gasteiger partial charge in [0.25, 0.3) is 11.8 Å². The Morgan fingerprint density at radius 3 is 2.42 bits per heavy atom. The number of carbonyl (C=O) groups is 2. The summed E-state index contributed by atoms with van der Waals surface area (Å²) in [7, 11) is 0.